The molecular weight excluding hydrogens is 398 g/mol. The zero-order valence-corrected chi connectivity index (χ0v) is 19.2. The summed E-state index contributed by atoms with van der Waals surface area (Å²) in [5.74, 6) is -0.524. The number of allylic oxidation sites excluding steroid dienone is 2. The molecular formula is C24H35NO4S. The SMILES string of the molecule is CCCCC1(CC)C=C(Sc2ccncc2)C(=O)C1C(O)CCCCCC(=O)OC. The molecule has 1 N–H and O–H groups in total. The maximum absolute atomic E-state index is 13.4. The van der Waals surface area contributed by atoms with Crippen LogP contribution < -0.4 is 0 Å². The monoisotopic (exact) mass is 433 g/mol. The summed E-state index contributed by atoms with van der Waals surface area (Å²) in [6.45, 7) is 4.28. The fraction of sp³-hybridized carbons (Fsp3) is 0.625. The van der Waals surface area contributed by atoms with Gasteiger partial charge in [-0.05, 0) is 37.8 Å². The lowest BCUT2D eigenvalue weighted by Crippen LogP contribution is -2.38. The van der Waals surface area contributed by atoms with Crippen molar-refractivity contribution >= 4 is 23.5 Å². The average Bonchev–Trinajstić information content (AvgIpc) is 3.04. The van der Waals surface area contributed by atoms with Crippen LogP contribution in [0.5, 0.6) is 0 Å². The second kappa shape index (κ2) is 12.3. The van der Waals surface area contributed by atoms with Gasteiger partial charge in [0.05, 0.1) is 24.0 Å². The Kier molecular flexibility index (Phi) is 10.1. The van der Waals surface area contributed by atoms with E-state index in [1.54, 1.807) is 12.4 Å². The molecule has 0 amide bonds. The van der Waals surface area contributed by atoms with Crippen LogP contribution in [0.25, 0.3) is 0 Å². The predicted molar refractivity (Wildman–Crippen MR) is 120 cm³/mol. The minimum absolute atomic E-state index is 0.0665. The minimum atomic E-state index is -0.667. The van der Waals surface area contributed by atoms with Crippen molar-refractivity contribution in [3.63, 3.8) is 0 Å². The van der Waals surface area contributed by atoms with Gasteiger partial charge < -0.3 is 9.84 Å². The normalized spacial score (nSPS) is 22.1. The minimum Gasteiger partial charge on any atom is -0.469 e. The van der Waals surface area contributed by atoms with Crippen molar-refractivity contribution in [1.82, 2.24) is 4.98 Å². The van der Waals surface area contributed by atoms with E-state index in [1.165, 1.54) is 18.9 Å². The van der Waals surface area contributed by atoms with Gasteiger partial charge in [0.2, 0.25) is 0 Å². The van der Waals surface area contributed by atoms with Gasteiger partial charge in [0.25, 0.3) is 0 Å². The largest absolute Gasteiger partial charge is 0.469 e. The van der Waals surface area contributed by atoms with Gasteiger partial charge in [-0.25, -0.2) is 0 Å². The summed E-state index contributed by atoms with van der Waals surface area (Å²) in [7, 11) is 1.40. The summed E-state index contributed by atoms with van der Waals surface area (Å²) in [5.41, 5.74) is -0.284. The Morgan fingerprint density at radius 2 is 1.97 bits per heavy atom. The molecule has 1 aromatic rings. The summed E-state index contributed by atoms with van der Waals surface area (Å²) in [4.78, 5) is 30.4. The third kappa shape index (κ3) is 6.42. The maximum Gasteiger partial charge on any atom is 0.305 e. The first-order valence-corrected chi connectivity index (χ1v) is 11.9. The number of esters is 1. The molecule has 1 heterocycles. The molecule has 166 valence electrons. The summed E-state index contributed by atoms with van der Waals surface area (Å²) in [6, 6.07) is 3.81. The third-order valence-electron chi connectivity index (χ3n) is 6.09. The van der Waals surface area contributed by atoms with Crippen molar-refractivity contribution in [2.45, 2.75) is 82.6 Å². The van der Waals surface area contributed by atoms with Gasteiger partial charge in [-0.1, -0.05) is 57.4 Å². The number of hydrogen-bond acceptors (Lipinski definition) is 6. The molecule has 1 aliphatic rings. The summed E-state index contributed by atoms with van der Waals surface area (Å²) < 4.78 is 4.67. The average molecular weight is 434 g/mol. The topological polar surface area (TPSA) is 76.5 Å². The molecule has 3 unspecified atom stereocenters. The van der Waals surface area contributed by atoms with Gasteiger partial charge >= 0.3 is 5.97 Å². The molecule has 0 spiro atoms. The number of aliphatic hydroxyl groups excluding tert-OH is 1. The lowest BCUT2D eigenvalue weighted by Gasteiger charge is -2.35. The molecule has 0 bridgehead atoms. The zero-order chi connectivity index (χ0) is 22.0. The van der Waals surface area contributed by atoms with Crippen LogP contribution in [0.4, 0.5) is 0 Å². The van der Waals surface area contributed by atoms with E-state index < -0.39 is 6.10 Å². The lowest BCUT2D eigenvalue weighted by atomic mass is 9.69. The first-order valence-electron chi connectivity index (χ1n) is 11.1. The molecule has 0 radical (unpaired) electrons. The number of aromatic nitrogens is 1. The van der Waals surface area contributed by atoms with Crippen molar-refractivity contribution in [1.29, 1.82) is 0 Å². The zero-order valence-electron chi connectivity index (χ0n) is 18.4. The van der Waals surface area contributed by atoms with E-state index in [4.69, 9.17) is 0 Å². The fourth-order valence-electron chi connectivity index (χ4n) is 4.31. The molecule has 1 aliphatic carbocycles. The maximum atomic E-state index is 13.4. The van der Waals surface area contributed by atoms with Crippen LogP contribution in [0.1, 0.15) is 71.6 Å². The number of ketones is 1. The highest BCUT2D eigenvalue weighted by Crippen LogP contribution is 2.51. The molecule has 0 fully saturated rings. The number of carbonyl (C=O) groups is 2. The number of aliphatic hydroxyl groups is 1. The number of ether oxygens (including phenoxy) is 1. The smallest absolute Gasteiger partial charge is 0.305 e. The molecule has 3 atom stereocenters. The lowest BCUT2D eigenvalue weighted by molar-refractivity contribution is -0.140. The highest BCUT2D eigenvalue weighted by molar-refractivity contribution is 8.04. The van der Waals surface area contributed by atoms with Crippen LogP contribution >= 0.6 is 11.8 Å². The van der Waals surface area contributed by atoms with E-state index >= 15 is 0 Å². The van der Waals surface area contributed by atoms with Gasteiger partial charge in [0.15, 0.2) is 5.78 Å². The van der Waals surface area contributed by atoms with Crippen molar-refractivity contribution in [2.75, 3.05) is 7.11 Å². The first-order chi connectivity index (χ1) is 14.5. The number of pyridine rings is 1. The van der Waals surface area contributed by atoms with Gasteiger partial charge in [-0.2, -0.15) is 0 Å². The van der Waals surface area contributed by atoms with E-state index in [2.05, 4.69) is 29.6 Å². The molecule has 0 saturated carbocycles. The molecule has 30 heavy (non-hydrogen) atoms. The fourth-order valence-corrected chi connectivity index (χ4v) is 5.34. The van der Waals surface area contributed by atoms with Crippen molar-refractivity contribution in [2.24, 2.45) is 11.3 Å². The highest BCUT2D eigenvalue weighted by Gasteiger charge is 2.49. The summed E-state index contributed by atoms with van der Waals surface area (Å²) in [5, 5.41) is 11.1. The van der Waals surface area contributed by atoms with Crippen molar-refractivity contribution < 1.29 is 19.4 Å². The molecule has 1 aromatic heterocycles. The van der Waals surface area contributed by atoms with E-state index in [0.717, 1.165) is 54.7 Å². The Morgan fingerprint density at radius 3 is 2.60 bits per heavy atom. The van der Waals surface area contributed by atoms with Gasteiger partial charge in [0, 0.05) is 29.1 Å². The third-order valence-corrected chi connectivity index (χ3v) is 7.13. The number of rotatable bonds is 13. The number of thioether (sulfide) groups is 1. The molecule has 6 heteroatoms. The Morgan fingerprint density at radius 1 is 1.23 bits per heavy atom. The Hall–Kier alpha value is -1.66. The number of carbonyl (C=O) groups excluding carboxylic acids is 2. The second-order valence-electron chi connectivity index (χ2n) is 8.07. The van der Waals surface area contributed by atoms with E-state index in [0.29, 0.717) is 12.8 Å². The number of nitrogens with zero attached hydrogens (tertiary/aromatic N) is 1. The van der Waals surface area contributed by atoms with Crippen molar-refractivity contribution in [3.8, 4) is 0 Å². The van der Waals surface area contributed by atoms with E-state index in [-0.39, 0.29) is 23.1 Å². The predicted octanol–water partition coefficient (Wildman–Crippen LogP) is 5.33. The number of unbranched alkanes of at least 4 members (excludes halogenated alkanes) is 3. The molecule has 2 rings (SSSR count). The Bertz CT molecular complexity index is 721. The summed E-state index contributed by atoms with van der Waals surface area (Å²) in [6.07, 6.45) is 12.1. The van der Waals surface area contributed by atoms with Crippen LogP contribution in [-0.4, -0.2) is 35.1 Å². The number of hydrogen-bond donors (Lipinski definition) is 1. The Labute approximate surface area is 184 Å². The van der Waals surface area contributed by atoms with Crippen LogP contribution in [-0.2, 0) is 14.3 Å². The number of Topliss-reactive ketones (excluding diaryl/α,β-unsaturated/α-hetero) is 1. The molecule has 5 nitrogen and oxygen atoms in total. The van der Waals surface area contributed by atoms with Crippen LogP contribution in [0.3, 0.4) is 0 Å². The van der Waals surface area contributed by atoms with Crippen LogP contribution in [0.2, 0.25) is 0 Å². The highest BCUT2D eigenvalue weighted by atomic mass is 32.2. The second-order valence-corrected chi connectivity index (χ2v) is 9.18. The van der Waals surface area contributed by atoms with E-state index in [1.807, 2.05) is 12.1 Å². The van der Waals surface area contributed by atoms with E-state index in [9.17, 15) is 14.7 Å². The van der Waals surface area contributed by atoms with Gasteiger partial charge in [0.1, 0.15) is 0 Å². The molecule has 0 saturated heterocycles. The van der Waals surface area contributed by atoms with Crippen LogP contribution in [0, 0.1) is 11.3 Å². The standard InChI is InChI=1S/C24H35NO4S/c1-4-6-14-24(5-2)17-20(30-18-12-15-25-16-13-18)23(28)22(24)19(26)10-8-7-9-11-21(27)29-3/h12-13,15-17,19,22,26H,4-11,14H2,1-3H3. The van der Waals surface area contributed by atoms with Gasteiger partial charge in [-0.15, -0.1) is 0 Å². The van der Waals surface area contributed by atoms with Crippen molar-refractivity contribution in [3.05, 3.63) is 35.5 Å². The quantitative estimate of drug-likeness (QED) is 0.335. The molecule has 0 aromatic carbocycles. The number of methoxy groups -OCH3 is 1. The molecule has 0 aliphatic heterocycles. The van der Waals surface area contributed by atoms with Gasteiger partial charge in [-0.3, -0.25) is 14.6 Å². The Balaban J connectivity index is 2.08. The first kappa shape index (κ1) is 24.6. The van der Waals surface area contributed by atoms with Crippen LogP contribution in [0.15, 0.2) is 40.4 Å². The summed E-state index contributed by atoms with van der Waals surface area (Å²) >= 11 is 1.48.